The third kappa shape index (κ3) is 4.32. The van der Waals surface area contributed by atoms with Gasteiger partial charge in [0.25, 0.3) is 0 Å². The van der Waals surface area contributed by atoms with Crippen LogP contribution in [0.15, 0.2) is 42.5 Å². The Labute approximate surface area is 168 Å². The largest absolute Gasteiger partial charge is 0.389 e. The van der Waals surface area contributed by atoms with Gasteiger partial charge < -0.3 is 19.5 Å². The molecule has 1 amide bonds. The van der Waals surface area contributed by atoms with E-state index >= 15 is 0 Å². The number of piperidine rings is 1. The maximum Gasteiger partial charge on any atom is 0.225 e. The number of carbonyl (C=O) groups excluding carboxylic acids is 1. The first kappa shape index (κ1) is 21.0. The predicted octanol–water partition coefficient (Wildman–Crippen LogP) is 3.84. The van der Waals surface area contributed by atoms with E-state index in [-0.39, 0.29) is 24.0 Å². The van der Waals surface area contributed by atoms with Crippen LogP contribution in [0.4, 0.5) is 0 Å². The fourth-order valence-electron chi connectivity index (χ4n) is 4.59. The minimum absolute atomic E-state index is 0.0280. The van der Waals surface area contributed by atoms with Crippen LogP contribution in [0.1, 0.15) is 57.6 Å². The van der Waals surface area contributed by atoms with Gasteiger partial charge in [0.15, 0.2) is 0 Å². The minimum atomic E-state index is -0.734. The Morgan fingerprint density at radius 3 is 2.82 bits per heavy atom. The summed E-state index contributed by atoms with van der Waals surface area (Å²) < 4.78 is 11.9. The van der Waals surface area contributed by atoms with Gasteiger partial charge >= 0.3 is 0 Å². The van der Waals surface area contributed by atoms with Gasteiger partial charge in [-0.2, -0.15) is 0 Å². The number of fused-ring (bicyclic) bond motifs is 1. The van der Waals surface area contributed by atoms with Crippen LogP contribution in [-0.4, -0.2) is 47.5 Å². The molecule has 1 aromatic rings. The highest BCUT2D eigenvalue weighted by Gasteiger charge is 2.56. The van der Waals surface area contributed by atoms with Crippen LogP contribution in [0.2, 0.25) is 0 Å². The van der Waals surface area contributed by atoms with Gasteiger partial charge in [-0.15, -0.1) is 0 Å². The van der Waals surface area contributed by atoms with Crippen LogP contribution in [0.5, 0.6) is 0 Å². The summed E-state index contributed by atoms with van der Waals surface area (Å²) in [5, 5.41) is 10.6. The molecule has 0 aliphatic carbocycles. The summed E-state index contributed by atoms with van der Waals surface area (Å²) in [4.78, 5) is 14.9. The van der Waals surface area contributed by atoms with Crippen molar-refractivity contribution in [3.63, 3.8) is 0 Å². The molecule has 5 heteroatoms. The number of carbonyl (C=O) groups is 1. The van der Waals surface area contributed by atoms with Gasteiger partial charge in [0.2, 0.25) is 5.91 Å². The fourth-order valence-corrected chi connectivity index (χ4v) is 4.59. The second-order valence-corrected chi connectivity index (χ2v) is 8.14. The number of benzene rings is 1. The molecule has 0 spiro atoms. The highest BCUT2D eigenvalue weighted by molar-refractivity contribution is 5.79. The number of ether oxygens (including phenoxy) is 2. The van der Waals surface area contributed by atoms with Gasteiger partial charge in [-0.1, -0.05) is 62.2 Å². The highest BCUT2D eigenvalue weighted by atomic mass is 16.6. The monoisotopic (exact) mass is 387 g/mol. The quantitative estimate of drug-likeness (QED) is 0.544. The van der Waals surface area contributed by atoms with Crippen molar-refractivity contribution in [1.82, 2.24) is 4.90 Å². The molecular formula is C23H33NO4. The summed E-state index contributed by atoms with van der Waals surface area (Å²) in [5.41, 5.74) is 0.312. The van der Waals surface area contributed by atoms with Crippen molar-refractivity contribution in [2.24, 2.45) is 5.92 Å². The van der Waals surface area contributed by atoms with E-state index in [4.69, 9.17) is 9.47 Å². The van der Waals surface area contributed by atoms with Crippen LogP contribution in [-0.2, 0) is 14.3 Å². The Balaban J connectivity index is 1.79. The van der Waals surface area contributed by atoms with E-state index < -0.39 is 11.8 Å². The maximum absolute atomic E-state index is 13.1. The standard InChI is InChI=1S/C23H33NO4/c1-4-5-6-10-13-20(25)18-14-21(26)24-19(16-27-3)22(28-23(24,2)15-18)17-11-8-7-9-12-17/h7-13,18-20,22,25H,4-6,14-16H2,1-3H3/b13-10+/t18-,19+,20+,22+,23-/m1/s1. The summed E-state index contributed by atoms with van der Waals surface area (Å²) in [6, 6.07) is 9.84. The lowest BCUT2D eigenvalue weighted by Crippen LogP contribution is -2.56. The Morgan fingerprint density at radius 2 is 2.14 bits per heavy atom. The van der Waals surface area contributed by atoms with Crippen molar-refractivity contribution in [3.8, 4) is 0 Å². The third-order valence-electron chi connectivity index (χ3n) is 5.92. The molecule has 1 N–H and O–H groups in total. The van der Waals surface area contributed by atoms with Gasteiger partial charge in [-0.3, -0.25) is 4.79 Å². The lowest BCUT2D eigenvalue weighted by molar-refractivity contribution is -0.169. The van der Waals surface area contributed by atoms with Crippen LogP contribution < -0.4 is 0 Å². The molecule has 5 atom stereocenters. The summed E-state index contributed by atoms with van der Waals surface area (Å²) in [6.45, 7) is 4.54. The smallest absolute Gasteiger partial charge is 0.225 e. The van der Waals surface area contributed by atoms with Gasteiger partial charge in [0, 0.05) is 25.9 Å². The molecule has 154 valence electrons. The molecule has 0 saturated carbocycles. The molecule has 2 aliphatic rings. The average molecular weight is 388 g/mol. The van der Waals surface area contributed by atoms with Gasteiger partial charge in [0.05, 0.1) is 18.8 Å². The number of hydrogen-bond donors (Lipinski definition) is 1. The molecule has 0 bridgehead atoms. The van der Waals surface area contributed by atoms with Crippen molar-refractivity contribution in [3.05, 3.63) is 48.0 Å². The summed E-state index contributed by atoms with van der Waals surface area (Å²) in [5.74, 6) is -0.107. The molecule has 0 aromatic heterocycles. The second-order valence-electron chi connectivity index (χ2n) is 8.14. The van der Waals surface area contributed by atoms with Crippen LogP contribution in [0.3, 0.4) is 0 Å². The zero-order chi connectivity index (χ0) is 20.1. The predicted molar refractivity (Wildman–Crippen MR) is 109 cm³/mol. The van der Waals surface area contributed by atoms with Crippen molar-refractivity contribution in [2.45, 2.75) is 69.9 Å². The summed E-state index contributed by atoms with van der Waals surface area (Å²) >= 11 is 0. The number of aliphatic hydroxyl groups excluding tert-OH is 1. The van der Waals surface area contributed by atoms with E-state index in [9.17, 15) is 9.90 Å². The van der Waals surface area contributed by atoms with E-state index in [2.05, 4.69) is 6.92 Å². The molecule has 28 heavy (non-hydrogen) atoms. The molecule has 0 unspecified atom stereocenters. The maximum atomic E-state index is 13.1. The molecule has 1 aromatic carbocycles. The zero-order valence-corrected chi connectivity index (χ0v) is 17.2. The SMILES string of the molecule is CCCC/C=C/[C@H](O)[C@@H]1CC(=O)N2[C@@H](COC)[C@H](c3ccccc3)O[C@]2(C)C1. The number of allylic oxidation sites excluding steroid dienone is 1. The lowest BCUT2D eigenvalue weighted by atomic mass is 9.84. The molecule has 5 nitrogen and oxygen atoms in total. The van der Waals surface area contributed by atoms with Crippen molar-refractivity contribution in [1.29, 1.82) is 0 Å². The number of amides is 1. The van der Waals surface area contributed by atoms with Gasteiger partial charge in [0.1, 0.15) is 11.8 Å². The Hall–Kier alpha value is -1.69. The zero-order valence-electron chi connectivity index (χ0n) is 17.2. The Kier molecular flexibility index (Phi) is 6.91. The molecule has 2 saturated heterocycles. The van der Waals surface area contributed by atoms with E-state index in [1.165, 1.54) is 0 Å². The summed E-state index contributed by atoms with van der Waals surface area (Å²) in [7, 11) is 1.65. The third-order valence-corrected chi connectivity index (χ3v) is 5.92. The van der Waals surface area contributed by atoms with Crippen molar-refractivity contribution >= 4 is 5.91 Å². The number of rotatable bonds is 8. The van der Waals surface area contributed by atoms with Gasteiger partial charge in [-0.25, -0.2) is 0 Å². The topological polar surface area (TPSA) is 59.0 Å². The van der Waals surface area contributed by atoms with E-state index in [0.717, 1.165) is 24.8 Å². The fraction of sp³-hybridized carbons (Fsp3) is 0.609. The molecular weight excluding hydrogens is 354 g/mol. The molecule has 0 radical (unpaired) electrons. The van der Waals surface area contributed by atoms with E-state index in [1.54, 1.807) is 7.11 Å². The van der Waals surface area contributed by atoms with Crippen molar-refractivity contribution < 1.29 is 19.4 Å². The van der Waals surface area contributed by atoms with Crippen LogP contribution >= 0.6 is 0 Å². The first-order valence-electron chi connectivity index (χ1n) is 10.4. The van der Waals surface area contributed by atoms with E-state index in [0.29, 0.717) is 19.4 Å². The molecule has 3 rings (SSSR count). The first-order chi connectivity index (χ1) is 13.5. The number of methoxy groups -OCH3 is 1. The van der Waals surface area contributed by atoms with Gasteiger partial charge in [-0.05, 0) is 18.9 Å². The molecule has 2 aliphatic heterocycles. The highest BCUT2D eigenvalue weighted by Crippen LogP contribution is 2.48. The van der Waals surface area contributed by atoms with Crippen molar-refractivity contribution in [2.75, 3.05) is 13.7 Å². The number of hydrogen-bond acceptors (Lipinski definition) is 4. The van der Waals surface area contributed by atoms with Crippen LogP contribution in [0.25, 0.3) is 0 Å². The minimum Gasteiger partial charge on any atom is -0.389 e. The number of nitrogens with zero attached hydrogens (tertiary/aromatic N) is 1. The Bertz CT molecular complexity index is 676. The molecule has 2 heterocycles. The summed E-state index contributed by atoms with van der Waals surface area (Å²) in [6.07, 6.45) is 7.17. The Morgan fingerprint density at radius 1 is 1.39 bits per heavy atom. The first-order valence-corrected chi connectivity index (χ1v) is 10.4. The average Bonchev–Trinajstić information content (AvgIpc) is 2.99. The molecule has 2 fully saturated rings. The number of aliphatic hydroxyl groups is 1. The number of unbranched alkanes of at least 4 members (excludes halogenated alkanes) is 2. The normalized spacial score (nSPS) is 31.4. The lowest BCUT2D eigenvalue weighted by Gasteiger charge is -2.44. The van der Waals surface area contributed by atoms with Crippen LogP contribution in [0, 0.1) is 5.92 Å². The van der Waals surface area contributed by atoms with E-state index in [1.807, 2.05) is 54.3 Å². The second kappa shape index (κ2) is 9.21.